The zero-order valence-corrected chi connectivity index (χ0v) is 7.48. The van der Waals surface area contributed by atoms with Gasteiger partial charge in [-0.25, -0.2) is 0 Å². The highest BCUT2D eigenvalue weighted by atomic mass is 19.4. The van der Waals surface area contributed by atoms with Crippen molar-refractivity contribution >= 4 is 0 Å². The van der Waals surface area contributed by atoms with Gasteiger partial charge in [-0.05, 0) is 25.2 Å². The summed E-state index contributed by atoms with van der Waals surface area (Å²) < 4.78 is 35.1. The summed E-state index contributed by atoms with van der Waals surface area (Å²) in [5.74, 6) is 0.584. The standard InChI is InChI=1S/C9H15F3O/c10-9(11,12)5-1-2-8(13)6-7-3-4-7/h7-8,13H,1-6H2. The average molecular weight is 196 g/mol. The van der Waals surface area contributed by atoms with Gasteiger partial charge in [-0.2, -0.15) is 13.2 Å². The Bertz CT molecular complexity index is 151. The van der Waals surface area contributed by atoms with Crippen LogP contribution in [0.3, 0.4) is 0 Å². The van der Waals surface area contributed by atoms with Crippen LogP contribution in [0, 0.1) is 5.92 Å². The summed E-state index contributed by atoms with van der Waals surface area (Å²) in [4.78, 5) is 0. The molecular weight excluding hydrogens is 181 g/mol. The van der Waals surface area contributed by atoms with E-state index in [9.17, 15) is 18.3 Å². The summed E-state index contributed by atoms with van der Waals surface area (Å²) in [6, 6.07) is 0. The number of alkyl halides is 3. The van der Waals surface area contributed by atoms with Crippen LogP contribution in [0.25, 0.3) is 0 Å². The van der Waals surface area contributed by atoms with Gasteiger partial charge in [-0.15, -0.1) is 0 Å². The molecule has 0 saturated heterocycles. The highest BCUT2D eigenvalue weighted by Crippen LogP contribution is 2.34. The lowest BCUT2D eigenvalue weighted by Gasteiger charge is -2.10. The van der Waals surface area contributed by atoms with Crippen molar-refractivity contribution in [2.45, 2.75) is 50.8 Å². The summed E-state index contributed by atoms with van der Waals surface area (Å²) in [6.07, 6.45) is -2.05. The molecule has 1 saturated carbocycles. The first-order valence-electron chi connectivity index (χ1n) is 4.72. The Labute approximate surface area is 75.9 Å². The Hall–Kier alpha value is -0.250. The van der Waals surface area contributed by atoms with Gasteiger partial charge in [0, 0.05) is 6.42 Å². The molecule has 1 unspecified atom stereocenters. The second-order valence-electron chi connectivity index (χ2n) is 3.84. The first-order chi connectivity index (χ1) is 5.97. The highest BCUT2D eigenvalue weighted by Gasteiger charge is 2.28. The number of rotatable bonds is 5. The van der Waals surface area contributed by atoms with Gasteiger partial charge in [0.1, 0.15) is 0 Å². The van der Waals surface area contributed by atoms with Crippen LogP contribution in [0.4, 0.5) is 13.2 Å². The van der Waals surface area contributed by atoms with Crippen molar-refractivity contribution in [3.05, 3.63) is 0 Å². The van der Waals surface area contributed by atoms with Crippen molar-refractivity contribution in [2.24, 2.45) is 5.92 Å². The maximum absolute atomic E-state index is 11.7. The van der Waals surface area contributed by atoms with Crippen LogP contribution in [-0.2, 0) is 0 Å². The lowest BCUT2D eigenvalue weighted by Crippen LogP contribution is -2.11. The molecule has 1 fully saturated rings. The minimum Gasteiger partial charge on any atom is -0.393 e. The second-order valence-corrected chi connectivity index (χ2v) is 3.84. The second kappa shape index (κ2) is 4.31. The van der Waals surface area contributed by atoms with Crippen LogP contribution in [0.15, 0.2) is 0 Å². The van der Waals surface area contributed by atoms with Crippen molar-refractivity contribution in [2.75, 3.05) is 0 Å². The Morgan fingerprint density at radius 3 is 2.38 bits per heavy atom. The predicted molar refractivity (Wildman–Crippen MR) is 43.3 cm³/mol. The molecule has 78 valence electrons. The van der Waals surface area contributed by atoms with Crippen molar-refractivity contribution in [3.8, 4) is 0 Å². The van der Waals surface area contributed by atoms with Crippen molar-refractivity contribution in [3.63, 3.8) is 0 Å². The molecule has 4 heteroatoms. The first-order valence-corrected chi connectivity index (χ1v) is 4.72. The van der Waals surface area contributed by atoms with Gasteiger partial charge < -0.3 is 5.11 Å². The van der Waals surface area contributed by atoms with Gasteiger partial charge in [0.05, 0.1) is 6.10 Å². The Morgan fingerprint density at radius 2 is 1.92 bits per heavy atom. The number of hydrogen-bond donors (Lipinski definition) is 1. The molecule has 0 heterocycles. The topological polar surface area (TPSA) is 20.2 Å². The third kappa shape index (κ3) is 5.91. The molecule has 0 aromatic heterocycles. The molecule has 1 N–H and O–H groups in total. The van der Waals surface area contributed by atoms with Gasteiger partial charge in [0.25, 0.3) is 0 Å². The largest absolute Gasteiger partial charge is 0.393 e. The van der Waals surface area contributed by atoms with Crippen LogP contribution in [0.1, 0.15) is 38.5 Å². The van der Waals surface area contributed by atoms with Gasteiger partial charge >= 0.3 is 6.18 Å². The predicted octanol–water partition coefficient (Wildman–Crippen LogP) is 2.88. The minimum atomic E-state index is -4.07. The molecule has 1 atom stereocenters. The molecular formula is C9H15F3O. The van der Waals surface area contributed by atoms with E-state index in [0.29, 0.717) is 12.3 Å². The van der Waals surface area contributed by atoms with E-state index in [1.54, 1.807) is 0 Å². The highest BCUT2D eigenvalue weighted by molar-refractivity contribution is 4.76. The molecule has 1 aliphatic carbocycles. The van der Waals surface area contributed by atoms with Gasteiger partial charge in [-0.1, -0.05) is 12.8 Å². The van der Waals surface area contributed by atoms with E-state index in [1.165, 1.54) is 0 Å². The van der Waals surface area contributed by atoms with Crippen molar-refractivity contribution < 1.29 is 18.3 Å². The maximum atomic E-state index is 11.7. The number of hydrogen-bond acceptors (Lipinski definition) is 1. The van der Waals surface area contributed by atoms with Crippen molar-refractivity contribution in [1.29, 1.82) is 0 Å². The van der Waals surface area contributed by atoms with E-state index in [-0.39, 0.29) is 12.8 Å². The summed E-state index contributed by atoms with van der Waals surface area (Å²) in [5.41, 5.74) is 0. The number of aliphatic hydroxyl groups is 1. The maximum Gasteiger partial charge on any atom is 0.389 e. The molecule has 0 amide bonds. The Balaban J connectivity index is 1.97. The van der Waals surface area contributed by atoms with E-state index >= 15 is 0 Å². The molecule has 0 bridgehead atoms. The molecule has 13 heavy (non-hydrogen) atoms. The summed E-state index contributed by atoms with van der Waals surface area (Å²) in [7, 11) is 0. The van der Waals surface area contributed by atoms with Crippen LogP contribution in [-0.4, -0.2) is 17.4 Å². The SMILES string of the molecule is OC(CCCC(F)(F)F)CC1CC1. The molecule has 0 radical (unpaired) electrons. The molecule has 0 aliphatic heterocycles. The Morgan fingerprint density at radius 1 is 1.31 bits per heavy atom. The van der Waals surface area contributed by atoms with Crippen LogP contribution in [0.5, 0.6) is 0 Å². The van der Waals surface area contributed by atoms with Gasteiger partial charge in [0.15, 0.2) is 0 Å². The normalized spacial score (nSPS) is 20.3. The smallest absolute Gasteiger partial charge is 0.389 e. The zero-order valence-electron chi connectivity index (χ0n) is 7.48. The van der Waals surface area contributed by atoms with Crippen LogP contribution < -0.4 is 0 Å². The van der Waals surface area contributed by atoms with Crippen LogP contribution in [0.2, 0.25) is 0 Å². The van der Waals surface area contributed by atoms with E-state index in [4.69, 9.17) is 0 Å². The molecule has 1 rings (SSSR count). The lowest BCUT2D eigenvalue weighted by molar-refractivity contribution is -0.136. The molecule has 0 aromatic carbocycles. The molecule has 0 spiro atoms. The van der Waals surface area contributed by atoms with Gasteiger partial charge in [0.2, 0.25) is 0 Å². The van der Waals surface area contributed by atoms with Crippen molar-refractivity contribution in [1.82, 2.24) is 0 Å². The molecule has 1 nitrogen and oxygen atoms in total. The Kier molecular flexibility index (Phi) is 3.59. The zero-order chi connectivity index (χ0) is 9.90. The van der Waals surface area contributed by atoms with E-state index in [0.717, 1.165) is 12.8 Å². The van der Waals surface area contributed by atoms with E-state index in [1.807, 2.05) is 0 Å². The summed E-state index contributed by atoms with van der Waals surface area (Å²) in [6.45, 7) is 0. The van der Waals surface area contributed by atoms with E-state index in [2.05, 4.69) is 0 Å². The summed E-state index contributed by atoms with van der Waals surface area (Å²) in [5, 5.41) is 9.29. The number of halogens is 3. The minimum absolute atomic E-state index is 0.0530. The first kappa shape index (κ1) is 10.8. The summed E-state index contributed by atoms with van der Waals surface area (Å²) >= 11 is 0. The quantitative estimate of drug-likeness (QED) is 0.716. The molecule has 1 aliphatic rings. The third-order valence-electron chi connectivity index (χ3n) is 2.30. The number of aliphatic hydroxyl groups excluding tert-OH is 1. The van der Waals surface area contributed by atoms with Crippen LogP contribution >= 0.6 is 0 Å². The fourth-order valence-corrected chi connectivity index (χ4v) is 1.39. The molecule has 0 aromatic rings. The third-order valence-corrected chi connectivity index (χ3v) is 2.30. The van der Waals surface area contributed by atoms with Gasteiger partial charge in [-0.3, -0.25) is 0 Å². The fraction of sp³-hybridized carbons (Fsp3) is 1.00. The fourth-order valence-electron chi connectivity index (χ4n) is 1.39. The van der Waals surface area contributed by atoms with E-state index < -0.39 is 18.7 Å². The lowest BCUT2D eigenvalue weighted by atomic mass is 10.1. The average Bonchev–Trinajstić information content (AvgIpc) is 2.68. The monoisotopic (exact) mass is 196 g/mol.